The van der Waals surface area contributed by atoms with Crippen LogP contribution in [0.15, 0.2) is 0 Å². The van der Waals surface area contributed by atoms with Gasteiger partial charge in [0.05, 0.1) is 19.3 Å². The van der Waals surface area contributed by atoms with E-state index >= 15 is 0 Å². The van der Waals surface area contributed by atoms with Crippen molar-refractivity contribution in [1.82, 2.24) is 20.4 Å². The summed E-state index contributed by atoms with van der Waals surface area (Å²) in [5.74, 6) is 0. The molecule has 0 radical (unpaired) electrons. The SMILES string of the molecule is CN(Cc1nnc(Cl)s1)CC1CNCCO1. The van der Waals surface area contributed by atoms with E-state index in [0.717, 1.165) is 37.8 Å². The van der Waals surface area contributed by atoms with E-state index in [1.165, 1.54) is 11.3 Å². The predicted molar refractivity (Wildman–Crippen MR) is 63.9 cm³/mol. The van der Waals surface area contributed by atoms with Crippen molar-refractivity contribution in [3.05, 3.63) is 9.47 Å². The van der Waals surface area contributed by atoms with E-state index < -0.39 is 0 Å². The van der Waals surface area contributed by atoms with Gasteiger partial charge >= 0.3 is 0 Å². The van der Waals surface area contributed by atoms with E-state index in [4.69, 9.17) is 16.3 Å². The van der Waals surface area contributed by atoms with E-state index in [-0.39, 0.29) is 6.10 Å². The molecule has 90 valence electrons. The summed E-state index contributed by atoms with van der Waals surface area (Å²) in [5.41, 5.74) is 0. The first-order valence-corrected chi connectivity index (χ1v) is 6.42. The molecule has 1 aliphatic heterocycles. The fraction of sp³-hybridized carbons (Fsp3) is 0.778. The van der Waals surface area contributed by atoms with Gasteiger partial charge in [0.2, 0.25) is 4.47 Å². The van der Waals surface area contributed by atoms with Gasteiger partial charge in [0.15, 0.2) is 0 Å². The van der Waals surface area contributed by atoms with Gasteiger partial charge in [0.1, 0.15) is 5.01 Å². The third-order valence-electron chi connectivity index (χ3n) is 2.37. The Morgan fingerprint density at radius 1 is 1.62 bits per heavy atom. The van der Waals surface area contributed by atoms with Gasteiger partial charge < -0.3 is 10.1 Å². The van der Waals surface area contributed by atoms with E-state index in [1.807, 2.05) is 7.05 Å². The average molecular weight is 263 g/mol. The molecule has 2 rings (SSSR count). The van der Waals surface area contributed by atoms with Crippen LogP contribution in [0, 0.1) is 0 Å². The van der Waals surface area contributed by atoms with Crippen LogP contribution < -0.4 is 5.32 Å². The van der Waals surface area contributed by atoms with Gasteiger partial charge in [-0.15, -0.1) is 10.2 Å². The van der Waals surface area contributed by atoms with Crippen molar-refractivity contribution < 1.29 is 4.74 Å². The highest BCUT2D eigenvalue weighted by Gasteiger charge is 2.16. The Labute approximate surface area is 104 Å². The molecule has 16 heavy (non-hydrogen) atoms. The highest BCUT2D eigenvalue weighted by Crippen LogP contribution is 2.16. The molecule has 1 saturated heterocycles. The van der Waals surface area contributed by atoms with Crippen molar-refractivity contribution >= 4 is 22.9 Å². The Kier molecular flexibility index (Phi) is 4.48. The molecule has 1 atom stereocenters. The van der Waals surface area contributed by atoms with Crippen LogP contribution in [0.5, 0.6) is 0 Å². The van der Waals surface area contributed by atoms with Crippen molar-refractivity contribution in [3.8, 4) is 0 Å². The molecule has 0 aliphatic carbocycles. The van der Waals surface area contributed by atoms with Gasteiger partial charge in [-0.05, 0) is 18.6 Å². The summed E-state index contributed by atoms with van der Waals surface area (Å²) in [6.45, 7) is 4.32. The molecule has 2 heterocycles. The predicted octanol–water partition coefficient (Wildman–Crippen LogP) is 0.612. The lowest BCUT2D eigenvalue weighted by Crippen LogP contribution is -2.44. The molecule has 1 unspecified atom stereocenters. The lowest BCUT2D eigenvalue weighted by atomic mass is 10.3. The largest absolute Gasteiger partial charge is 0.374 e. The third kappa shape index (κ3) is 3.64. The highest BCUT2D eigenvalue weighted by atomic mass is 35.5. The maximum absolute atomic E-state index is 5.73. The molecule has 0 saturated carbocycles. The number of halogens is 1. The number of nitrogens with one attached hydrogen (secondary N) is 1. The number of nitrogens with zero attached hydrogens (tertiary/aromatic N) is 3. The second-order valence-corrected chi connectivity index (χ2v) is 5.49. The second kappa shape index (κ2) is 5.88. The lowest BCUT2D eigenvalue weighted by Gasteiger charge is -2.27. The van der Waals surface area contributed by atoms with Crippen LogP contribution in [-0.4, -0.2) is 54.5 Å². The van der Waals surface area contributed by atoms with Gasteiger partial charge in [-0.1, -0.05) is 11.3 Å². The standard InChI is InChI=1S/C9H15ClN4OS/c1-14(5-7-4-11-2-3-15-7)6-8-12-13-9(10)16-8/h7,11H,2-6H2,1H3. The monoisotopic (exact) mass is 262 g/mol. The maximum atomic E-state index is 5.73. The molecule has 0 aromatic carbocycles. The Morgan fingerprint density at radius 2 is 2.50 bits per heavy atom. The quantitative estimate of drug-likeness (QED) is 0.862. The molecule has 1 aliphatic rings. The molecule has 0 amide bonds. The molecule has 1 aromatic rings. The summed E-state index contributed by atoms with van der Waals surface area (Å²) >= 11 is 7.15. The fourth-order valence-electron chi connectivity index (χ4n) is 1.68. The maximum Gasteiger partial charge on any atom is 0.207 e. The summed E-state index contributed by atoms with van der Waals surface area (Å²) < 4.78 is 6.13. The Bertz CT molecular complexity index is 329. The van der Waals surface area contributed by atoms with E-state index in [1.54, 1.807) is 0 Å². The zero-order valence-corrected chi connectivity index (χ0v) is 10.7. The van der Waals surface area contributed by atoms with Gasteiger partial charge in [0.25, 0.3) is 0 Å². The summed E-state index contributed by atoms with van der Waals surface area (Å²) in [5, 5.41) is 12.0. The van der Waals surface area contributed by atoms with Crippen LogP contribution in [0.25, 0.3) is 0 Å². The van der Waals surface area contributed by atoms with Gasteiger partial charge in [-0.25, -0.2) is 0 Å². The van der Waals surface area contributed by atoms with Crippen molar-refractivity contribution in [3.63, 3.8) is 0 Å². The van der Waals surface area contributed by atoms with Gasteiger partial charge in [-0.3, -0.25) is 4.90 Å². The van der Waals surface area contributed by atoms with Crippen LogP contribution in [0.4, 0.5) is 0 Å². The number of likely N-dealkylation sites (N-methyl/N-ethyl adjacent to an activating group) is 1. The van der Waals surface area contributed by atoms with Crippen molar-refractivity contribution in [2.24, 2.45) is 0 Å². The number of ether oxygens (including phenoxy) is 1. The summed E-state index contributed by atoms with van der Waals surface area (Å²) in [4.78, 5) is 2.18. The summed E-state index contributed by atoms with van der Waals surface area (Å²) in [6.07, 6.45) is 0.266. The first kappa shape index (κ1) is 12.2. The smallest absolute Gasteiger partial charge is 0.207 e. The van der Waals surface area contributed by atoms with Crippen molar-refractivity contribution in [2.75, 3.05) is 33.3 Å². The summed E-state index contributed by atoms with van der Waals surface area (Å²) in [7, 11) is 2.05. The Hall–Kier alpha value is -0.270. The molecular weight excluding hydrogens is 248 g/mol. The normalized spacial score (nSPS) is 21.6. The topological polar surface area (TPSA) is 50.3 Å². The zero-order chi connectivity index (χ0) is 11.4. The van der Waals surface area contributed by atoms with E-state index in [2.05, 4.69) is 20.4 Å². The molecule has 1 N–H and O–H groups in total. The minimum Gasteiger partial charge on any atom is -0.374 e. The molecule has 0 bridgehead atoms. The van der Waals surface area contributed by atoms with Crippen LogP contribution in [0.1, 0.15) is 5.01 Å². The number of hydrogen-bond acceptors (Lipinski definition) is 6. The number of hydrogen-bond donors (Lipinski definition) is 1. The highest BCUT2D eigenvalue weighted by molar-refractivity contribution is 7.15. The van der Waals surface area contributed by atoms with Crippen molar-refractivity contribution in [1.29, 1.82) is 0 Å². The fourth-order valence-corrected chi connectivity index (χ4v) is 2.62. The molecular formula is C9H15ClN4OS. The first-order chi connectivity index (χ1) is 7.74. The molecule has 5 nitrogen and oxygen atoms in total. The minimum atomic E-state index is 0.266. The van der Waals surface area contributed by atoms with E-state index in [0.29, 0.717) is 4.47 Å². The molecule has 1 aromatic heterocycles. The second-order valence-electron chi connectivity index (χ2n) is 3.84. The molecule has 0 spiro atoms. The minimum absolute atomic E-state index is 0.266. The Morgan fingerprint density at radius 3 is 3.12 bits per heavy atom. The Balaban J connectivity index is 1.77. The lowest BCUT2D eigenvalue weighted by molar-refractivity contribution is 0.00881. The van der Waals surface area contributed by atoms with Crippen LogP contribution >= 0.6 is 22.9 Å². The molecule has 7 heteroatoms. The van der Waals surface area contributed by atoms with Crippen LogP contribution in [-0.2, 0) is 11.3 Å². The third-order valence-corrected chi connectivity index (χ3v) is 3.37. The van der Waals surface area contributed by atoms with Crippen molar-refractivity contribution in [2.45, 2.75) is 12.6 Å². The zero-order valence-electron chi connectivity index (χ0n) is 9.15. The average Bonchev–Trinajstić information content (AvgIpc) is 2.65. The first-order valence-electron chi connectivity index (χ1n) is 5.23. The summed E-state index contributed by atoms with van der Waals surface area (Å²) in [6, 6.07) is 0. The van der Waals surface area contributed by atoms with Gasteiger partial charge in [0, 0.05) is 19.6 Å². The van der Waals surface area contributed by atoms with Crippen LogP contribution in [0.2, 0.25) is 4.47 Å². The van der Waals surface area contributed by atoms with Gasteiger partial charge in [-0.2, -0.15) is 0 Å². The van der Waals surface area contributed by atoms with Crippen LogP contribution in [0.3, 0.4) is 0 Å². The number of rotatable bonds is 4. The van der Waals surface area contributed by atoms with E-state index in [9.17, 15) is 0 Å². The molecule has 1 fully saturated rings. The number of morpholine rings is 1. The number of aromatic nitrogens is 2.